The third-order valence-electron chi connectivity index (χ3n) is 6.86. The highest BCUT2D eigenvalue weighted by Gasteiger charge is 2.20. The van der Waals surface area contributed by atoms with Crippen LogP contribution in [0.4, 0.5) is 0 Å². The van der Waals surface area contributed by atoms with E-state index in [9.17, 15) is 4.79 Å². The molecule has 0 spiro atoms. The van der Waals surface area contributed by atoms with E-state index in [-0.39, 0.29) is 11.3 Å². The van der Waals surface area contributed by atoms with E-state index in [1.165, 1.54) is 63.4 Å². The van der Waals surface area contributed by atoms with Crippen LogP contribution in [0.2, 0.25) is 0 Å². The van der Waals surface area contributed by atoms with Crippen molar-refractivity contribution in [2.45, 2.75) is 130 Å². The van der Waals surface area contributed by atoms with Gasteiger partial charge in [0.15, 0.2) is 12.4 Å². The number of ether oxygens (including phenoxy) is 1. The van der Waals surface area contributed by atoms with E-state index in [1.807, 2.05) is 12.1 Å². The van der Waals surface area contributed by atoms with Crippen molar-refractivity contribution in [3.8, 4) is 5.75 Å². The van der Waals surface area contributed by atoms with Crippen LogP contribution in [0.1, 0.15) is 122 Å². The first-order valence-electron chi connectivity index (χ1n) is 14.8. The second-order valence-corrected chi connectivity index (χ2v) is 11.5. The summed E-state index contributed by atoms with van der Waals surface area (Å²) in [6.07, 6.45) is 18.9. The molecule has 0 bridgehead atoms. The first kappa shape index (κ1) is 30.9. The van der Waals surface area contributed by atoms with Crippen LogP contribution in [0.25, 0.3) is 0 Å². The summed E-state index contributed by atoms with van der Waals surface area (Å²) >= 11 is 0. The van der Waals surface area contributed by atoms with Gasteiger partial charge in [0.1, 0.15) is 12.3 Å². The molecule has 4 nitrogen and oxygen atoms in total. The Labute approximate surface area is 227 Å². The van der Waals surface area contributed by atoms with Gasteiger partial charge in [0, 0.05) is 24.6 Å². The van der Waals surface area contributed by atoms with Crippen molar-refractivity contribution in [1.29, 1.82) is 0 Å². The Hall–Kier alpha value is -2.36. The van der Waals surface area contributed by atoms with Crippen molar-refractivity contribution in [1.82, 2.24) is 5.32 Å². The number of amides is 1. The molecule has 0 aliphatic carbocycles. The van der Waals surface area contributed by atoms with Crippen LogP contribution in [0, 0.1) is 0 Å². The molecule has 0 atom stereocenters. The maximum atomic E-state index is 12.7. The van der Waals surface area contributed by atoms with E-state index in [1.54, 1.807) is 0 Å². The summed E-state index contributed by atoms with van der Waals surface area (Å²) in [7, 11) is 0. The number of unbranched alkanes of at least 4 members (excludes halogenated alkanes) is 9. The maximum absolute atomic E-state index is 12.7. The summed E-state index contributed by atoms with van der Waals surface area (Å²) in [4.78, 5) is 12.7. The number of rotatable bonds is 18. The second kappa shape index (κ2) is 17.2. The lowest BCUT2D eigenvalue weighted by Gasteiger charge is -2.24. The van der Waals surface area contributed by atoms with Crippen LogP contribution >= 0.6 is 0 Å². The van der Waals surface area contributed by atoms with Gasteiger partial charge >= 0.3 is 0 Å². The molecule has 0 unspecified atom stereocenters. The van der Waals surface area contributed by atoms with Crippen molar-refractivity contribution in [3.05, 3.63) is 59.4 Å². The van der Waals surface area contributed by atoms with Crippen molar-refractivity contribution in [2.24, 2.45) is 0 Å². The molecule has 0 saturated heterocycles. The summed E-state index contributed by atoms with van der Waals surface area (Å²) in [5, 5.41) is 3.08. The van der Waals surface area contributed by atoms with Gasteiger partial charge in [-0.05, 0) is 35.1 Å². The van der Waals surface area contributed by atoms with Gasteiger partial charge in [0.25, 0.3) is 0 Å². The summed E-state index contributed by atoms with van der Waals surface area (Å²) in [5.41, 5.74) is 3.28. The highest BCUT2D eigenvalue weighted by Crippen LogP contribution is 2.32. The zero-order valence-electron chi connectivity index (χ0n) is 24.4. The summed E-state index contributed by atoms with van der Waals surface area (Å²) in [5.74, 6) is 1.00. The lowest BCUT2D eigenvalue weighted by atomic mass is 9.85. The van der Waals surface area contributed by atoms with E-state index in [4.69, 9.17) is 4.74 Å². The zero-order chi connectivity index (χ0) is 26.9. The van der Waals surface area contributed by atoms with Gasteiger partial charge in [-0.3, -0.25) is 4.79 Å². The van der Waals surface area contributed by atoms with Crippen molar-refractivity contribution >= 4 is 5.91 Å². The Bertz CT molecular complexity index is 917. The predicted molar refractivity (Wildman–Crippen MR) is 155 cm³/mol. The minimum Gasteiger partial charge on any atom is -0.493 e. The Morgan fingerprint density at radius 2 is 1.54 bits per heavy atom. The molecule has 2 rings (SSSR count). The topological polar surface area (TPSA) is 42.2 Å². The number of aryl methyl sites for hydroxylation is 1. The smallest absolute Gasteiger partial charge is 0.224 e. The molecule has 0 radical (unpaired) electrons. The molecule has 1 aromatic heterocycles. The minimum absolute atomic E-state index is 0.0451. The van der Waals surface area contributed by atoms with Crippen LogP contribution < -0.4 is 14.6 Å². The Morgan fingerprint density at radius 3 is 2.19 bits per heavy atom. The number of pyridine rings is 1. The van der Waals surface area contributed by atoms with E-state index < -0.39 is 0 Å². The van der Waals surface area contributed by atoms with Crippen molar-refractivity contribution in [2.75, 3.05) is 6.61 Å². The molecular formula is C33H53N2O2+. The lowest BCUT2D eigenvalue weighted by molar-refractivity contribution is -0.697. The lowest BCUT2D eigenvalue weighted by Crippen LogP contribution is -2.34. The Morgan fingerprint density at radius 1 is 0.865 bits per heavy atom. The summed E-state index contributed by atoms with van der Waals surface area (Å²) < 4.78 is 8.40. The summed E-state index contributed by atoms with van der Waals surface area (Å²) in [6, 6.07) is 10.4. The fraction of sp³-hybridized carbons (Fsp3) is 0.636. The predicted octanol–water partition coefficient (Wildman–Crippen LogP) is 7.84. The van der Waals surface area contributed by atoms with Crippen LogP contribution in [0.5, 0.6) is 5.75 Å². The van der Waals surface area contributed by atoms with E-state index in [0.29, 0.717) is 13.0 Å². The van der Waals surface area contributed by atoms with Crippen LogP contribution in [0.3, 0.4) is 0 Å². The SMILES string of the molecule is CCCCCCCCCCCCOc1ccc(CC(=O)NCc2ccc[n+](CCC)c2)cc1C(C)(C)C. The molecule has 2 aromatic rings. The van der Waals surface area contributed by atoms with Crippen LogP contribution in [0.15, 0.2) is 42.7 Å². The molecule has 1 aromatic carbocycles. The monoisotopic (exact) mass is 509 g/mol. The minimum atomic E-state index is -0.0451. The first-order chi connectivity index (χ1) is 17.8. The number of carbonyl (C=O) groups is 1. The van der Waals surface area contributed by atoms with Gasteiger partial charge in [-0.25, -0.2) is 4.57 Å². The quantitative estimate of drug-likeness (QED) is 0.164. The average Bonchev–Trinajstić information content (AvgIpc) is 2.86. The number of nitrogens with one attached hydrogen (secondary N) is 1. The van der Waals surface area contributed by atoms with Gasteiger partial charge in [-0.1, -0.05) is 105 Å². The number of carbonyl (C=O) groups excluding carboxylic acids is 1. The molecule has 1 N–H and O–H groups in total. The number of aromatic nitrogens is 1. The number of hydrogen-bond donors (Lipinski definition) is 1. The number of benzene rings is 1. The fourth-order valence-electron chi connectivity index (χ4n) is 4.70. The van der Waals surface area contributed by atoms with Gasteiger partial charge in [0.05, 0.1) is 13.0 Å². The fourth-order valence-corrected chi connectivity index (χ4v) is 4.70. The average molecular weight is 510 g/mol. The van der Waals surface area contributed by atoms with Crippen LogP contribution in [-0.4, -0.2) is 12.5 Å². The molecule has 1 amide bonds. The van der Waals surface area contributed by atoms with Gasteiger partial charge in [0.2, 0.25) is 5.91 Å². The van der Waals surface area contributed by atoms with Crippen molar-refractivity contribution < 1.29 is 14.1 Å². The zero-order valence-corrected chi connectivity index (χ0v) is 24.4. The highest BCUT2D eigenvalue weighted by molar-refractivity contribution is 5.78. The standard InChI is InChI=1S/C33H52N2O2/c1-6-8-9-10-11-12-13-14-15-16-23-37-31-20-19-28(24-30(31)33(3,4)5)25-32(36)34-26-29-18-17-22-35(27-29)21-7-2/h17-20,22,24,27H,6-16,21,23,25-26H2,1-5H3/p+1. The molecule has 1 heterocycles. The third-order valence-corrected chi connectivity index (χ3v) is 6.86. The normalized spacial score (nSPS) is 11.5. The summed E-state index contributed by atoms with van der Waals surface area (Å²) in [6.45, 7) is 13.4. The van der Waals surface area contributed by atoms with E-state index in [0.717, 1.165) is 42.9 Å². The van der Waals surface area contributed by atoms with Gasteiger partial charge in [-0.15, -0.1) is 0 Å². The van der Waals surface area contributed by atoms with Crippen molar-refractivity contribution in [3.63, 3.8) is 0 Å². The molecule has 4 heteroatoms. The van der Waals surface area contributed by atoms with Crippen LogP contribution in [-0.2, 0) is 29.7 Å². The maximum Gasteiger partial charge on any atom is 0.224 e. The second-order valence-electron chi connectivity index (χ2n) is 11.5. The Balaban J connectivity index is 1.78. The van der Waals surface area contributed by atoms with Gasteiger partial charge < -0.3 is 10.1 Å². The van der Waals surface area contributed by atoms with E-state index in [2.05, 4.69) is 75.1 Å². The molecule has 37 heavy (non-hydrogen) atoms. The molecule has 0 aliphatic rings. The van der Waals surface area contributed by atoms with Gasteiger partial charge in [-0.2, -0.15) is 0 Å². The van der Waals surface area contributed by atoms with E-state index >= 15 is 0 Å². The number of hydrogen-bond acceptors (Lipinski definition) is 2. The molecular weight excluding hydrogens is 456 g/mol. The molecule has 0 saturated carbocycles. The first-order valence-corrected chi connectivity index (χ1v) is 14.8. The number of nitrogens with zero attached hydrogens (tertiary/aromatic N) is 1. The third kappa shape index (κ3) is 12.6. The highest BCUT2D eigenvalue weighted by atomic mass is 16.5. The molecule has 0 fully saturated rings. The molecule has 0 aliphatic heterocycles. The molecule has 206 valence electrons. The largest absolute Gasteiger partial charge is 0.493 e. The Kier molecular flexibility index (Phi) is 14.4.